The van der Waals surface area contributed by atoms with Crippen LogP contribution in [0.15, 0.2) is 4.79 Å². The largest absolute Gasteiger partial charge is 0.366 e. The van der Waals surface area contributed by atoms with Gasteiger partial charge in [-0.2, -0.15) is 4.68 Å². The van der Waals surface area contributed by atoms with E-state index in [1.807, 2.05) is 6.92 Å². The number of aryl methyl sites for hydroxylation is 1. The summed E-state index contributed by atoms with van der Waals surface area (Å²) >= 11 is 0. The summed E-state index contributed by atoms with van der Waals surface area (Å²) < 4.78 is 0.817. The number of nitrogen functional groups attached to an aromatic ring is 2. The number of anilines is 1. The molecule has 0 fully saturated rings. The number of aromatic nitrogens is 3. The summed E-state index contributed by atoms with van der Waals surface area (Å²) in [5.74, 6) is 5.27. The molecule has 0 saturated carbocycles. The van der Waals surface area contributed by atoms with Crippen LogP contribution in [0.5, 0.6) is 0 Å². The summed E-state index contributed by atoms with van der Waals surface area (Å²) in [5, 5.41) is 7.25. The second-order valence-corrected chi connectivity index (χ2v) is 2.78. The molecule has 0 atom stereocenters. The normalized spacial score (nSPS) is 10.2. The maximum atomic E-state index is 11.4. The molecule has 1 aromatic rings. The molecular weight excluding hydrogens is 170 g/mol. The Morgan fingerprint density at radius 1 is 1.46 bits per heavy atom. The van der Waals surface area contributed by atoms with Gasteiger partial charge in [0.15, 0.2) is 0 Å². The standard InChI is InChI=1S/C7H13N5O/c1-2-3-4-5-6(13)12(9)7(8)11-10-5/h2-4,9H2,1H3,(H2,8,11). The lowest BCUT2D eigenvalue weighted by Crippen LogP contribution is -2.34. The molecular formula is C7H13N5O. The van der Waals surface area contributed by atoms with Gasteiger partial charge in [-0.25, -0.2) is 0 Å². The average molecular weight is 183 g/mol. The lowest BCUT2D eigenvalue weighted by molar-refractivity contribution is 0.717. The minimum absolute atomic E-state index is 0.0646. The molecule has 6 nitrogen and oxygen atoms in total. The average Bonchev–Trinajstić information content (AvgIpc) is 2.13. The summed E-state index contributed by atoms with van der Waals surface area (Å²) in [5.41, 5.74) is 5.30. The molecule has 0 saturated heterocycles. The van der Waals surface area contributed by atoms with Gasteiger partial charge in [0.25, 0.3) is 5.56 Å². The van der Waals surface area contributed by atoms with Crippen molar-refractivity contribution in [1.29, 1.82) is 0 Å². The van der Waals surface area contributed by atoms with Crippen molar-refractivity contribution in [2.24, 2.45) is 0 Å². The van der Waals surface area contributed by atoms with Gasteiger partial charge in [0.2, 0.25) is 5.95 Å². The van der Waals surface area contributed by atoms with Crippen LogP contribution >= 0.6 is 0 Å². The minimum atomic E-state index is -0.360. The van der Waals surface area contributed by atoms with Crippen LogP contribution in [-0.2, 0) is 6.42 Å². The van der Waals surface area contributed by atoms with E-state index in [-0.39, 0.29) is 11.5 Å². The molecule has 0 aliphatic rings. The van der Waals surface area contributed by atoms with E-state index in [9.17, 15) is 4.79 Å². The third-order valence-electron chi connectivity index (χ3n) is 1.75. The van der Waals surface area contributed by atoms with E-state index in [2.05, 4.69) is 10.2 Å². The van der Waals surface area contributed by atoms with Crippen LogP contribution in [0.1, 0.15) is 25.5 Å². The predicted octanol–water partition coefficient (Wildman–Crippen LogP) is -0.723. The monoisotopic (exact) mass is 183 g/mol. The fourth-order valence-electron chi connectivity index (χ4n) is 0.947. The second-order valence-electron chi connectivity index (χ2n) is 2.78. The highest BCUT2D eigenvalue weighted by atomic mass is 16.1. The predicted molar refractivity (Wildman–Crippen MR) is 49.5 cm³/mol. The molecule has 0 unspecified atom stereocenters. The summed E-state index contributed by atoms with van der Waals surface area (Å²) in [6.45, 7) is 2.03. The smallest absolute Gasteiger partial charge is 0.295 e. The SMILES string of the molecule is CCCCc1nnc(N)n(N)c1=O. The van der Waals surface area contributed by atoms with E-state index in [0.29, 0.717) is 12.1 Å². The first-order chi connectivity index (χ1) is 6.16. The fraction of sp³-hybridized carbons (Fsp3) is 0.571. The van der Waals surface area contributed by atoms with Gasteiger partial charge in [-0.05, 0) is 12.8 Å². The Kier molecular flexibility index (Phi) is 2.84. The lowest BCUT2D eigenvalue weighted by Gasteiger charge is -2.02. The van der Waals surface area contributed by atoms with Crippen molar-refractivity contribution in [2.75, 3.05) is 11.6 Å². The molecule has 0 radical (unpaired) electrons. The highest BCUT2D eigenvalue weighted by Gasteiger charge is 2.06. The van der Waals surface area contributed by atoms with E-state index < -0.39 is 0 Å². The molecule has 4 N–H and O–H groups in total. The minimum Gasteiger partial charge on any atom is -0.366 e. The van der Waals surface area contributed by atoms with Gasteiger partial charge < -0.3 is 11.6 Å². The summed E-state index contributed by atoms with van der Waals surface area (Å²) in [7, 11) is 0. The number of nitrogens with zero attached hydrogens (tertiary/aromatic N) is 3. The van der Waals surface area contributed by atoms with Crippen molar-refractivity contribution in [3.05, 3.63) is 16.0 Å². The van der Waals surface area contributed by atoms with Crippen molar-refractivity contribution in [3.8, 4) is 0 Å². The number of nitrogens with two attached hydrogens (primary N) is 2. The van der Waals surface area contributed by atoms with Gasteiger partial charge in [-0.15, -0.1) is 10.2 Å². The number of hydrogen-bond donors (Lipinski definition) is 2. The Morgan fingerprint density at radius 2 is 2.15 bits per heavy atom. The molecule has 0 aromatic carbocycles. The van der Waals surface area contributed by atoms with Gasteiger partial charge in [0.1, 0.15) is 5.69 Å². The quantitative estimate of drug-likeness (QED) is 0.602. The molecule has 0 bridgehead atoms. The number of hydrogen-bond acceptors (Lipinski definition) is 5. The van der Waals surface area contributed by atoms with Crippen LogP contribution < -0.4 is 17.1 Å². The maximum absolute atomic E-state index is 11.4. The molecule has 1 heterocycles. The molecule has 0 aliphatic heterocycles. The highest BCUT2D eigenvalue weighted by molar-refractivity contribution is 5.15. The number of unbranched alkanes of at least 4 members (excludes halogenated alkanes) is 1. The van der Waals surface area contributed by atoms with E-state index in [4.69, 9.17) is 11.6 Å². The Bertz CT molecular complexity index is 345. The fourth-order valence-corrected chi connectivity index (χ4v) is 0.947. The number of rotatable bonds is 3. The van der Waals surface area contributed by atoms with Crippen LogP contribution in [0.2, 0.25) is 0 Å². The summed E-state index contributed by atoms with van der Waals surface area (Å²) in [6.07, 6.45) is 2.49. The van der Waals surface area contributed by atoms with E-state index in [1.54, 1.807) is 0 Å². The first-order valence-electron chi connectivity index (χ1n) is 4.16. The van der Waals surface area contributed by atoms with Crippen molar-refractivity contribution < 1.29 is 0 Å². The molecule has 0 amide bonds. The van der Waals surface area contributed by atoms with Gasteiger partial charge >= 0.3 is 0 Å². The molecule has 72 valence electrons. The van der Waals surface area contributed by atoms with Gasteiger partial charge in [0.05, 0.1) is 0 Å². The van der Waals surface area contributed by atoms with E-state index in [0.717, 1.165) is 17.5 Å². The molecule has 0 aliphatic carbocycles. The Balaban J connectivity index is 2.97. The van der Waals surface area contributed by atoms with Gasteiger partial charge in [-0.1, -0.05) is 13.3 Å². The third kappa shape index (κ3) is 1.95. The first kappa shape index (κ1) is 9.50. The topological polar surface area (TPSA) is 99.8 Å². The maximum Gasteiger partial charge on any atom is 0.295 e. The zero-order chi connectivity index (χ0) is 9.84. The van der Waals surface area contributed by atoms with Crippen molar-refractivity contribution in [3.63, 3.8) is 0 Å². The second kappa shape index (κ2) is 3.88. The van der Waals surface area contributed by atoms with Crippen molar-refractivity contribution >= 4 is 5.95 Å². The Morgan fingerprint density at radius 3 is 2.77 bits per heavy atom. The Hall–Kier alpha value is -1.59. The van der Waals surface area contributed by atoms with Crippen molar-refractivity contribution in [1.82, 2.24) is 14.9 Å². The molecule has 0 spiro atoms. The van der Waals surface area contributed by atoms with Crippen molar-refractivity contribution in [2.45, 2.75) is 26.2 Å². The zero-order valence-electron chi connectivity index (χ0n) is 7.53. The zero-order valence-corrected chi connectivity index (χ0v) is 7.53. The molecule has 1 aromatic heterocycles. The first-order valence-corrected chi connectivity index (χ1v) is 4.16. The van der Waals surface area contributed by atoms with Crippen LogP contribution in [-0.4, -0.2) is 14.9 Å². The summed E-state index contributed by atoms with van der Waals surface area (Å²) in [4.78, 5) is 11.4. The molecule has 6 heteroatoms. The van der Waals surface area contributed by atoms with E-state index >= 15 is 0 Å². The highest BCUT2D eigenvalue weighted by Crippen LogP contribution is 1.95. The van der Waals surface area contributed by atoms with Crippen LogP contribution in [0, 0.1) is 0 Å². The van der Waals surface area contributed by atoms with Gasteiger partial charge in [-0.3, -0.25) is 4.79 Å². The van der Waals surface area contributed by atoms with Crippen LogP contribution in [0.25, 0.3) is 0 Å². The van der Waals surface area contributed by atoms with Crippen LogP contribution in [0.4, 0.5) is 5.95 Å². The lowest BCUT2D eigenvalue weighted by atomic mass is 10.2. The Labute approximate surface area is 75.5 Å². The van der Waals surface area contributed by atoms with Gasteiger partial charge in [0, 0.05) is 0 Å². The third-order valence-corrected chi connectivity index (χ3v) is 1.75. The molecule has 13 heavy (non-hydrogen) atoms. The molecule has 1 rings (SSSR count). The van der Waals surface area contributed by atoms with E-state index in [1.165, 1.54) is 0 Å². The van der Waals surface area contributed by atoms with Crippen LogP contribution in [0.3, 0.4) is 0 Å². The summed E-state index contributed by atoms with van der Waals surface area (Å²) in [6, 6.07) is 0.